The number of hydrogen-bond acceptors (Lipinski definition) is 5. The van der Waals surface area contributed by atoms with Crippen molar-refractivity contribution in [2.75, 3.05) is 5.73 Å². The van der Waals surface area contributed by atoms with Crippen molar-refractivity contribution in [3.63, 3.8) is 0 Å². The van der Waals surface area contributed by atoms with E-state index in [4.69, 9.17) is 5.73 Å². The molecule has 1 aromatic heterocycles. The molecule has 1 aromatic carbocycles. The van der Waals surface area contributed by atoms with Crippen LogP contribution in [0.4, 0.5) is 10.1 Å². The molecule has 0 aliphatic carbocycles. The Hall–Kier alpha value is -2.09. The minimum absolute atomic E-state index is 0.184. The lowest BCUT2D eigenvalue weighted by Gasteiger charge is -2.06. The number of halogens is 1. The fraction of sp³-hybridized carbons (Fsp3) is 0.100. The van der Waals surface area contributed by atoms with Crippen molar-refractivity contribution in [3.8, 4) is 0 Å². The van der Waals surface area contributed by atoms with Crippen molar-refractivity contribution in [1.29, 1.82) is 0 Å². The second-order valence-corrected chi connectivity index (χ2v) is 4.50. The summed E-state index contributed by atoms with van der Waals surface area (Å²) in [4.78, 5) is 26.0. The minimum Gasteiger partial charge on any atom is -0.399 e. The molecule has 0 aliphatic rings. The smallest absolute Gasteiger partial charge is 0.339 e. The number of H-pyrrole nitrogens is 1. The summed E-state index contributed by atoms with van der Waals surface area (Å²) >= 11 is 0.924. The van der Waals surface area contributed by atoms with E-state index in [-0.39, 0.29) is 10.1 Å². The van der Waals surface area contributed by atoms with Crippen molar-refractivity contribution in [1.82, 2.24) is 14.8 Å². The third-order valence-corrected chi connectivity index (χ3v) is 3.20. The molecule has 0 saturated heterocycles. The molecule has 0 saturated carbocycles. The number of benzene rings is 1. The second kappa shape index (κ2) is 4.65. The molecule has 0 amide bonds. The van der Waals surface area contributed by atoms with Crippen molar-refractivity contribution < 1.29 is 4.39 Å². The first kappa shape index (κ1) is 12.4. The first-order valence-corrected chi connectivity index (χ1v) is 5.69. The van der Waals surface area contributed by atoms with Crippen LogP contribution in [0.2, 0.25) is 0 Å². The standard InChI is InChI=1S/C10H9FN4O2S/c1-15-10(13-8(16)9(17)14-15)18-7-3-2-5(12)4-6(7)11/h2-4H,12H2,1H3,(H,14,17). The maximum Gasteiger partial charge on any atom is 0.339 e. The van der Waals surface area contributed by atoms with Gasteiger partial charge in [0.05, 0.1) is 4.90 Å². The highest BCUT2D eigenvalue weighted by atomic mass is 32.2. The number of aromatic nitrogens is 3. The lowest BCUT2D eigenvalue weighted by atomic mass is 10.3. The van der Waals surface area contributed by atoms with Crippen molar-refractivity contribution in [2.24, 2.45) is 7.05 Å². The van der Waals surface area contributed by atoms with Gasteiger partial charge in [-0.15, -0.1) is 0 Å². The molecule has 18 heavy (non-hydrogen) atoms. The van der Waals surface area contributed by atoms with Gasteiger partial charge < -0.3 is 5.73 Å². The molecule has 0 radical (unpaired) electrons. The number of aromatic amines is 1. The molecule has 0 bridgehead atoms. The van der Waals surface area contributed by atoms with Gasteiger partial charge in [-0.05, 0) is 30.0 Å². The van der Waals surface area contributed by atoms with E-state index in [0.717, 1.165) is 11.8 Å². The van der Waals surface area contributed by atoms with E-state index >= 15 is 0 Å². The summed E-state index contributed by atoms with van der Waals surface area (Å²) in [6, 6.07) is 4.19. The lowest BCUT2D eigenvalue weighted by molar-refractivity contribution is 0.588. The molecule has 2 aromatic rings. The lowest BCUT2D eigenvalue weighted by Crippen LogP contribution is -2.33. The Labute approximate surface area is 105 Å². The van der Waals surface area contributed by atoms with E-state index in [1.54, 1.807) is 0 Å². The van der Waals surface area contributed by atoms with Crippen LogP contribution in [-0.4, -0.2) is 14.8 Å². The topological polar surface area (TPSA) is 93.8 Å². The molecule has 0 unspecified atom stereocenters. The maximum atomic E-state index is 13.6. The Kier molecular flexibility index (Phi) is 3.19. The summed E-state index contributed by atoms with van der Waals surface area (Å²) in [6.07, 6.45) is 0. The van der Waals surface area contributed by atoms with Crippen LogP contribution in [0, 0.1) is 5.82 Å². The Balaban J connectivity index is 2.43. The predicted molar refractivity (Wildman–Crippen MR) is 65.0 cm³/mol. The summed E-state index contributed by atoms with van der Waals surface area (Å²) in [6.45, 7) is 0. The fourth-order valence-corrected chi connectivity index (χ4v) is 2.05. The number of anilines is 1. The number of nitrogens with two attached hydrogens (primary N) is 1. The highest BCUT2D eigenvalue weighted by molar-refractivity contribution is 7.99. The van der Waals surface area contributed by atoms with E-state index in [1.165, 1.54) is 29.9 Å². The van der Waals surface area contributed by atoms with E-state index in [9.17, 15) is 14.0 Å². The van der Waals surface area contributed by atoms with Gasteiger partial charge in [0.25, 0.3) is 0 Å². The minimum atomic E-state index is -0.911. The molecule has 1 heterocycles. The molecule has 0 fully saturated rings. The molecular formula is C10H9FN4O2S. The zero-order chi connectivity index (χ0) is 13.3. The Morgan fingerprint density at radius 2 is 2.17 bits per heavy atom. The Morgan fingerprint density at radius 3 is 2.83 bits per heavy atom. The monoisotopic (exact) mass is 268 g/mol. The summed E-state index contributed by atoms with van der Waals surface area (Å²) < 4.78 is 14.8. The summed E-state index contributed by atoms with van der Waals surface area (Å²) in [5.41, 5.74) is 4.00. The molecule has 3 N–H and O–H groups in total. The molecule has 0 spiro atoms. The number of nitrogen functional groups attached to an aromatic ring is 1. The van der Waals surface area contributed by atoms with Gasteiger partial charge >= 0.3 is 11.1 Å². The molecule has 94 valence electrons. The summed E-state index contributed by atoms with van der Waals surface area (Å²) in [5, 5.41) is 2.46. The Bertz CT molecular complexity index is 710. The van der Waals surface area contributed by atoms with Crippen LogP contribution in [0.5, 0.6) is 0 Å². The van der Waals surface area contributed by atoms with Crippen LogP contribution >= 0.6 is 11.8 Å². The third kappa shape index (κ3) is 2.43. The highest BCUT2D eigenvalue weighted by Crippen LogP contribution is 2.27. The molecular weight excluding hydrogens is 259 g/mol. The van der Waals surface area contributed by atoms with E-state index in [1.807, 2.05) is 0 Å². The van der Waals surface area contributed by atoms with E-state index < -0.39 is 16.9 Å². The number of hydrogen-bond donors (Lipinski definition) is 2. The SMILES string of the molecule is Cn1[nH]c(=O)c(=O)nc1Sc1ccc(N)cc1F. The van der Waals surface area contributed by atoms with Crippen LogP contribution in [0.1, 0.15) is 0 Å². The van der Waals surface area contributed by atoms with E-state index in [0.29, 0.717) is 5.69 Å². The van der Waals surface area contributed by atoms with Gasteiger partial charge in [-0.3, -0.25) is 19.4 Å². The molecule has 8 heteroatoms. The normalized spacial score (nSPS) is 10.6. The van der Waals surface area contributed by atoms with Crippen molar-refractivity contribution >= 4 is 17.4 Å². The average Bonchev–Trinajstić information content (AvgIpc) is 2.29. The van der Waals surface area contributed by atoms with Gasteiger partial charge in [-0.2, -0.15) is 4.98 Å². The fourth-order valence-electron chi connectivity index (χ4n) is 1.25. The van der Waals surface area contributed by atoms with Crippen molar-refractivity contribution in [2.45, 2.75) is 10.1 Å². The number of rotatable bonds is 2. The van der Waals surface area contributed by atoms with E-state index in [2.05, 4.69) is 10.1 Å². The number of nitrogens with zero attached hydrogens (tertiary/aromatic N) is 2. The zero-order valence-electron chi connectivity index (χ0n) is 9.31. The van der Waals surface area contributed by atoms with Crippen molar-refractivity contribution in [3.05, 3.63) is 44.7 Å². The molecule has 0 aliphatic heterocycles. The first-order valence-electron chi connectivity index (χ1n) is 4.87. The first-order chi connectivity index (χ1) is 8.47. The van der Waals surface area contributed by atoms with Gasteiger partial charge in [0.1, 0.15) is 5.82 Å². The van der Waals surface area contributed by atoms with Gasteiger partial charge in [0.2, 0.25) is 0 Å². The van der Waals surface area contributed by atoms with Gasteiger partial charge in [-0.25, -0.2) is 4.39 Å². The number of aryl methyl sites for hydroxylation is 1. The largest absolute Gasteiger partial charge is 0.399 e. The second-order valence-electron chi connectivity index (χ2n) is 3.49. The number of nitrogens with one attached hydrogen (secondary N) is 1. The maximum absolute atomic E-state index is 13.6. The van der Waals surface area contributed by atoms with Gasteiger partial charge in [0.15, 0.2) is 5.16 Å². The molecule has 6 nitrogen and oxygen atoms in total. The molecule has 2 rings (SSSR count). The quantitative estimate of drug-likeness (QED) is 0.605. The Morgan fingerprint density at radius 1 is 1.44 bits per heavy atom. The van der Waals surface area contributed by atoms with Crippen LogP contribution < -0.4 is 16.9 Å². The summed E-state index contributed by atoms with van der Waals surface area (Å²) in [7, 11) is 1.51. The van der Waals surface area contributed by atoms with Gasteiger partial charge in [0, 0.05) is 12.7 Å². The highest BCUT2D eigenvalue weighted by Gasteiger charge is 2.09. The zero-order valence-corrected chi connectivity index (χ0v) is 10.1. The van der Waals surface area contributed by atoms with Crippen LogP contribution in [0.15, 0.2) is 37.8 Å². The third-order valence-electron chi connectivity index (χ3n) is 2.10. The van der Waals surface area contributed by atoms with Crippen LogP contribution in [0.3, 0.4) is 0 Å². The predicted octanol–water partition coefficient (Wildman–Crippen LogP) is 0.341. The van der Waals surface area contributed by atoms with Crippen LogP contribution in [0.25, 0.3) is 0 Å². The average molecular weight is 268 g/mol. The van der Waals surface area contributed by atoms with Crippen LogP contribution in [-0.2, 0) is 7.05 Å². The molecule has 0 atom stereocenters. The summed E-state index contributed by atoms with van der Waals surface area (Å²) in [5.74, 6) is -0.513. The van der Waals surface area contributed by atoms with Gasteiger partial charge in [-0.1, -0.05) is 0 Å².